The molecule has 2 rings (SSSR count). The SMILES string of the molecule is CC(CC1CCCCN1)Nc1ccc(F)c(C(N)=O)c1. The van der Waals surface area contributed by atoms with E-state index in [-0.39, 0.29) is 11.6 Å². The Hall–Kier alpha value is -1.62. The number of primary amides is 1. The molecule has 2 unspecified atom stereocenters. The number of benzene rings is 1. The molecule has 1 aliphatic heterocycles. The summed E-state index contributed by atoms with van der Waals surface area (Å²) < 4.78 is 13.4. The van der Waals surface area contributed by atoms with Crippen molar-refractivity contribution in [2.24, 2.45) is 5.73 Å². The van der Waals surface area contributed by atoms with Gasteiger partial charge in [-0.15, -0.1) is 0 Å². The Kier molecular flexibility index (Phi) is 4.95. The average Bonchev–Trinajstić information content (AvgIpc) is 2.41. The molecule has 20 heavy (non-hydrogen) atoms. The molecule has 4 N–H and O–H groups in total. The van der Waals surface area contributed by atoms with Gasteiger partial charge in [0, 0.05) is 17.8 Å². The van der Waals surface area contributed by atoms with Crippen molar-refractivity contribution in [3.05, 3.63) is 29.6 Å². The van der Waals surface area contributed by atoms with E-state index < -0.39 is 11.7 Å². The third kappa shape index (κ3) is 3.93. The lowest BCUT2D eigenvalue weighted by Gasteiger charge is -2.27. The molecule has 0 saturated carbocycles. The third-order valence-electron chi connectivity index (χ3n) is 3.70. The number of piperidine rings is 1. The van der Waals surface area contributed by atoms with E-state index in [1.54, 1.807) is 6.07 Å². The number of hydrogen-bond donors (Lipinski definition) is 3. The molecule has 1 aromatic carbocycles. The van der Waals surface area contributed by atoms with Crippen molar-refractivity contribution >= 4 is 11.6 Å². The predicted molar refractivity (Wildman–Crippen MR) is 78.3 cm³/mol. The number of hydrogen-bond acceptors (Lipinski definition) is 3. The van der Waals surface area contributed by atoms with Gasteiger partial charge in [0.25, 0.3) is 5.91 Å². The molecule has 1 amide bonds. The Morgan fingerprint density at radius 3 is 3.00 bits per heavy atom. The molecule has 1 heterocycles. The second kappa shape index (κ2) is 6.70. The standard InChI is InChI=1S/C15H22FN3O/c1-10(8-11-4-2-3-7-18-11)19-12-5-6-14(16)13(9-12)15(17)20/h5-6,9-11,18-19H,2-4,7-8H2,1H3,(H2,17,20). The Bertz CT molecular complexity index is 472. The van der Waals surface area contributed by atoms with Crippen LogP contribution in [0.2, 0.25) is 0 Å². The molecule has 1 fully saturated rings. The van der Waals surface area contributed by atoms with Crippen molar-refractivity contribution in [2.45, 2.75) is 44.7 Å². The fourth-order valence-corrected chi connectivity index (χ4v) is 2.70. The predicted octanol–water partition coefficient (Wildman–Crippen LogP) is 2.26. The summed E-state index contributed by atoms with van der Waals surface area (Å²) in [6.07, 6.45) is 4.72. The van der Waals surface area contributed by atoms with E-state index in [1.807, 2.05) is 0 Å². The smallest absolute Gasteiger partial charge is 0.251 e. The summed E-state index contributed by atoms with van der Waals surface area (Å²) in [5, 5.41) is 6.80. The van der Waals surface area contributed by atoms with Crippen LogP contribution in [0.4, 0.5) is 10.1 Å². The lowest BCUT2D eigenvalue weighted by atomic mass is 9.98. The molecule has 0 bridgehead atoms. The van der Waals surface area contributed by atoms with E-state index in [0.717, 1.165) is 18.7 Å². The van der Waals surface area contributed by atoms with Gasteiger partial charge in [0.2, 0.25) is 0 Å². The lowest BCUT2D eigenvalue weighted by Crippen LogP contribution is -2.37. The van der Waals surface area contributed by atoms with Crippen molar-refractivity contribution in [1.82, 2.24) is 5.32 Å². The molecule has 0 spiro atoms. The lowest BCUT2D eigenvalue weighted by molar-refractivity contribution is 0.0996. The molecule has 2 atom stereocenters. The highest BCUT2D eigenvalue weighted by Gasteiger charge is 2.16. The number of anilines is 1. The summed E-state index contributed by atoms with van der Waals surface area (Å²) in [5.74, 6) is -1.32. The van der Waals surface area contributed by atoms with E-state index in [1.165, 1.54) is 31.4 Å². The number of halogens is 1. The fourth-order valence-electron chi connectivity index (χ4n) is 2.70. The van der Waals surface area contributed by atoms with E-state index in [4.69, 9.17) is 5.73 Å². The van der Waals surface area contributed by atoms with Crippen LogP contribution in [0.3, 0.4) is 0 Å². The highest BCUT2D eigenvalue weighted by atomic mass is 19.1. The van der Waals surface area contributed by atoms with Gasteiger partial charge >= 0.3 is 0 Å². The monoisotopic (exact) mass is 279 g/mol. The van der Waals surface area contributed by atoms with Gasteiger partial charge in [-0.05, 0) is 50.9 Å². The molecular weight excluding hydrogens is 257 g/mol. The zero-order valence-electron chi connectivity index (χ0n) is 11.8. The van der Waals surface area contributed by atoms with Crippen molar-refractivity contribution in [3.63, 3.8) is 0 Å². The number of nitrogens with one attached hydrogen (secondary N) is 2. The second-order valence-corrected chi connectivity index (χ2v) is 5.49. The molecule has 1 saturated heterocycles. The fraction of sp³-hybridized carbons (Fsp3) is 0.533. The largest absolute Gasteiger partial charge is 0.383 e. The first-order valence-corrected chi connectivity index (χ1v) is 7.15. The van der Waals surface area contributed by atoms with Gasteiger partial charge in [0.05, 0.1) is 5.56 Å². The molecule has 0 radical (unpaired) electrons. The molecule has 110 valence electrons. The summed E-state index contributed by atoms with van der Waals surface area (Å²) in [4.78, 5) is 11.1. The highest BCUT2D eigenvalue weighted by molar-refractivity contribution is 5.94. The van der Waals surface area contributed by atoms with Crippen LogP contribution in [0.1, 0.15) is 43.0 Å². The van der Waals surface area contributed by atoms with Crippen LogP contribution in [0.15, 0.2) is 18.2 Å². The summed E-state index contributed by atoms with van der Waals surface area (Å²) in [6.45, 7) is 3.17. The zero-order valence-corrected chi connectivity index (χ0v) is 11.8. The average molecular weight is 279 g/mol. The van der Waals surface area contributed by atoms with Gasteiger partial charge in [0.1, 0.15) is 5.82 Å². The van der Waals surface area contributed by atoms with Gasteiger partial charge in [-0.2, -0.15) is 0 Å². The van der Waals surface area contributed by atoms with Crippen molar-refractivity contribution in [2.75, 3.05) is 11.9 Å². The Labute approximate surface area is 118 Å². The minimum absolute atomic E-state index is 0.0713. The first-order chi connectivity index (χ1) is 9.56. The molecule has 0 aromatic heterocycles. The van der Waals surface area contributed by atoms with Crippen LogP contribution in [0.5, 0.6) is 0 Å². The molecule has 1 aliphatic rings. The van der Waals surface area contributed by atoms with Gasteiger partial charge < -0.3 is 16.4 Å². The summed E-state index contributed by atoms with van der Waals surface area (Å²) in [7, 11) is 0. The Morgan fingerprint density at radius 1 is 1.55 bits per heavy atom. The van der Waals surface area contributed by atoms with E-state index in [2.05, 4.69) is 17.6 Å². The van der Waals surface area contributed by atoms with Crippen LogP contribution in [-0.2, 0) is 0 Å². The molecule has 1 aromatic rings. The van der Waals surface area contributed by atoms with Crippen LogP contribution in [0, 0.1) is 5.82 Å². The van der Waals surface area contributed by atoms with Crippen LogP contribution in [-0.4, -0.2) is 24.5 Å². The Balaban J connectivity index is 1.95. The molecular formula is C15H22FN3O. The van der Waals surface area contributed by atoms with Crippen LogP contribution >= 0.6 is 0 Å². The number of rotatable bonds is 5. The Morgan fingerprint density at radius 2 is 2.35 bits per heavy atom. The topological polar surface area (TPSA) is 67.2 Å². The third-order valence-corrected chi connectivity index (χ3v) is 3.70. The second-order valence-electron chi connectivity index (χ2n) is 5.49. The normalized spacial score (nSPS) is 20.4. The quantitative estimate of drug-likeness (QED) is 0.774. The minimum atomic E-state index is -0.743. The maximum Gasteiger partial charge on any atom is 0.251 e. The van der Waals surface area contributed by atoms with Gasteiger partial charge in [-0.3, -0.25) is 4.79 Å². The first kappa shape index (κ1) is 14.8. The van der Waals surface area contributed by atoms with E-state index in [0.29, 0.717) is 6.04 Å². The van der Waals surface area contributed by atoms with Crippen LogP contribution in [0.25, 0.3) is 0 Å². The van der Waals surface area contributed by atoms with Crippen molar-refractivity contribution in [1.29, 1.82) is 0 Å². The highest BCUT2D eigenvalue weighted by Crippen LogP contribution is 2.18. The first-order valence-electron chi connectivity index (χ1n) is 7.15. The van der Waals surface area contributed by atoms with Crippen molar-refractivity contribution in [3.8, 4) is 0 Å². The maximum atomic E-state index is 13.4. The van der Waals surface area contributed by atoms with Crippen LogP contribution < -0.4 is 16.4 Å². The summed E-state index contributed by atoms with van der Waals surface area (Å²) in [5.41, 5.74) is 5.80. The van der Waals surface area contributed by atoms with Crippen molar-refractivity contribution < 1.29 is 9.18 Å². The molecule has 0 aliphatic carbocycles. The minimum Gasteiger partial charge on any atom is -0.383 e. The summed E-state index contributed by atoms with van der Waals surface area (Å²) >= 11 is 0. The van der Waals surface area contributed by atoms with Gasteiger partial charge in [0.15, 0.2) is 0 Å². The van der Waals surface area contributed by atoms with E-state index >= 15 is 0 Å². The van der Waals surface area contributed by atoms with E-state index in [9.17, 15) is 9.18 Å². The zero-order chi connectivity index (χ0) is 14.5. The van der Waals surface area contributed by atoms with Gasteiger partial charge in [-0.25, -0.2) is 4.39 Å². The molecule has 5 heteroatoms. The number of carbonyl (C=O) groups excluding carboxylic acids is 1. The summed E-state index contributed by atoms with van der Waals surface area (Å²) in [6, 6.07) is 5.15. The maximum absolute atomic E-state index is 13.4. The number of carbonyl (C=O) groups is 1. The number of nitrogens with two attached hydrogens (primary N) is 1. The number of amides is 1. The molecule has 4 nitrogen and oxygen atoms in total. The van der Waals surface area contributed by atoms with Gasteiger partial charge in [-0.1, -0.05) is 6.42 Å².